The highest BCUT2D eigenvalue weighted by Crippen LogP contribution is 2.21. The van der Waals surface area contributed by atoms with Gasteiger partial charge in [-0.05, 0) is 17.7 Å². The fourth-order valence-corrected chi connectivity index (χ4v) is 1.84. The van der Waals surface area contributed by atoms with Gasteiger partial charge in [-0.3, -0.25) is 0 Å². The summed E-state index contributed by atoms with van der Waals surface area (Å²) in [6.45, 7) is 0.0634. The van der Waals surface area contributed by atoms with Crippen molar-refractivity contribution < 1.29 is 13.5 Å². The summed E-state index contributed by atoms with van der Waals surface area (Å²) in [6.07, 6.45) is 0. The lowest BCUT2D eigenvalue weighted by atomic mass is 10.1. The molecular formula is C14H11F2NOS. The van der Waals surface area contributed by atoms with Crippen molar-refractivity contribution in [1.29, 1.82) is 0 Å². The van der Waals surface area contributed by atoms with E-state index in [1.165, 1.54) is 12.1 Å². The summed E-state index contributed by atoms with van der Waals surface area (Å²) in [7, 11) is 0. The van der Waals surface area contributed by atoms with Crippen LogP contribution in [0.15, 0.2) is 42.5 Å². The van der Waals surface area contributed by atoms with Gasteiger partial charge in [0.2, 0.25) is 5.82 Å². The summed E-state index contributed by atoms with van der Waals surface area (Å²) < 4.78 is 31.7. The third-order valence-corrected chi connectivity index (χ3v) is 2.80. The van der Waals surface area contributed by atoms with Crippen LogP contribution in [0.4, 0.5) is 8.78 Å². The van der Waals surface area contributed by atoms with E-state index < -0.39 is 11.6 Å². The minimum Gasteiger partial charge on any atom is -0.486 e. The van der Waals surface area contributed by atoms with E-state index in [4.69, 9.17) is 22.7 Å². The van der Waals surface area contributed by atoms with Crippen LogP contribution in [0.1, 0.15) is 11.1 Å². The molecule has 2 aromatic rings. The molecule has 0 spiro atoms. The maximum absolute atomic E-state index is 13.4. The predicted molar refractivity (Wildman–Crippen MR) is 73.0 cm³/mol. The molecular weight excluding hydrogens is 268 g/mol. The van der Waals surface area contributed by atoms with Gasteiger partial charge >= 0.3 is 0 Å². The molecule has 0 saturated carbocycles. The van der Waals surface area contributed by atoms with Gasteiger partial charge in [0.15, 0.2) is 11.6 Å². The topological polar surface area (TPSA) is 35.2 Å². The molecule has 2 nitrogen and oxygen atoms in total. The van der Waals surface area contributed by atoms with Gasteiger partial charge < -0.3 is 10.5 Å². The van der Waals surface area contributed by atoms with Crippen LogP contribution in [0.5, 0.6) is 5.75 Å². The largest absolute Gasteiger partial charge is 0.486 e. The molecule has 19 heavy (non-hydrogen) atoms. The van der Waals surface area contributed by atoms with Crippen molar-refractivity contribution in [2.45, 2.75) is 6.61 Å². The van der Waals surface area contributed by atoms with Crippen molar-refractivity contribution in [3.63, 3.8) is 0 Å². The Morgan fingerprint density at radius 3 is 2.58 bits per heavy atom. The molecule has 0 bridgehead atoms. The predicted octanol–water partition coefficient (Wildman–Crippen LogP) is 3.18. The highest BCUT2D eigenvalue weighted by atomic mass is 32.1. The Kier molecular flexibility index (Phi) is 4.06. The van der Waals surface area contributed by atoms with Gasteiger partial charge in [-0.15, -0.1) is 0 Å². The van der Waals surface area contributed by atoms with E-state index in [2.05, 4.69) is 0 Å². The summed E-state index contributed by atoms with van der Waals surface area (Å²) in [4.78, 5) is 0.235. The molecule has 0 heterocycles. The Hall–Kier alpha value is -2.01. The second kappa shape index (κ2) is 5.75. The van der Waals surface area contributed by atoms with Crippen molar-refractivity contribution in [3.05, 3.63) is 65.2 Å². The van der Waals surface area contributed by atoms with Crippen LogP contribution in [0.2, 0.25) is 0 Å². The third kappa shape index (κ3) is 3.06. The molecule has 98 valence electrons. The molecule has 2 aromatic carbocycles. The van der Waals surface area contributed by atoms with Gasteiger partial charge in [0.1, 0.15) is 11.6 Å². The number of thiocarbonyl (C=S) groups is 1. The van der Waals surface area contributed by atoms with Gasteiger partial charge in [-0.25, -0.2) is 4.39 Å². The standard InChI is InChI=1S/C14H11F2NOS/c15-11-6-3-7-12(13(11)16)18-8-9-4-1-2-5-10(9)14(17)19/h1-7H,8H2,(H2,17,19). The first-order valence-corrected chi connectivity index (χ1v) is 5.95. The highest BCUT2D eigenvalue weighted by molar-refractivity contribution is 7.80. The van der Waals surface area contributed by atoms with Gasteiger partial charge in [0.05, 0.1) is 0 Å². The zero-order valence-corrected chi connectivity index (χ0v) is 10.7. The lowest BCUT2D eigenvalue weighted by Crippen LogP contribution is -2.13. The van der Waals surface area contributed by atoms with E-state index in [0.29, 0.717) is 5.56 Å². The number of benzene rings is 2. The lowest BCUT2D eigenvalue weighted by Gasteiger charge is -2.10. The van der Waals surface area contributed by atoms with Gasteiger partial charge in [-0.2, -0.15) is 4.39 Å². The zero-order valence-electron chi connectivity index (χ0n) is 9.90. The Balaban J connectivity index is 2.19. The van der Waals surface area contributed by atoms with E-state index >= 15 is 0 Å². The molecule has 0 radical (unpaired) electrons. The molecule has 0 unspecified atom stereocenters. The average Bonchev–Trinajstić information content (AvgIpc) is 2.40. The van der Waals surface area contributed by atoms with Gasteiger partial charge in [0, 0.05) is 5.56 Å². The smallest absolute Gasteiger partial charge is 0.200 e. The van der Waals surface area contributed by atoms with E-state index in [-0.39, 0.29) is 17.3 Å². The van der Waals surface area contributed by atoms with Crippen molar-refractivity contribution in [2.24, 2.45) is 5.73 Å². The summed E-state index contributed by atoms with van der Waals surface area (Å²) in [5, 5.41) is 0. The quantitative estimate of drug-likeness (QED) is 0.873. The third-order valence-electron chi connectivity index (χ3n) is 2.58. The van der Waals surface area contributed by atoms with Crippen LogP contribution < -0.4 is 10.5 Å². The van der Waals surface area contributed by atoms with Crippen LogP contribution >= 0.6 is 12.2 Å². The van der Waals surface area contributed by atoms with Crippen molar-refractivity contribution in [2.75, 3.05) is 0 Å². The summed E-state index contributed by atoms with van der Waals surface area (Å²) in [6, 6.07) is 10.9. The molecule has 0 aliphatic rings. The van der Waals surface area contributed by atoms with Crippen LogP contribution in [-0.2, 0) is 6.61 Å². The van der Waals surface area contributed by atoms with Crippen LogP contribution in [-0.4, -0.2) is 4.99 Å². The number of ether oxygens (including phenoxy) is 1. The number of halogens is 2. The first-order chi connectivity index (χ1) is 9.09. The Morgan fingerprint density at radius 1 is 1.11 bits per heavy atom. The fraction of sp³-hybridized carbons (Fsp3) is 0.0714. The average molecular weight is 279 g/mol. The van der Waals surface area contributed by atoms with Crippen molar-refractivity contribution >= 4 is 17.2 Å². The van der Waals surface area contributed by atoms with E-state index in [1.807, 2.05) is 0 Å². The molecule has 2 N–H and O–H groups in total. The van der Waals surface area contributed by atoms with Crippen LogP contribution in [0.25, 0.3) is 0 Å². The number of rotatable bonds is 4. The van der Waals surface area contributed by atoms with Crippen LogP contribution in [0, 0.1) is 11.6 Å². The van der Waals surface area contributed by atoms with Crippen molar-refractivity contribution in [1.82, 2.24) is 0 Å². The molecule has 2 rings (SSSR count). The monoisotopic (exact) mass is 279 g/mol. The Labute approximate surface area is 114 Å². The second-order valence-electron chi connectivity index (χ2n) is 3.86. The molecule has 0 fully saturated rings. The minimum atomic E-state index is -1.00. The van der Waals surface area contributed by atoms with Gasteiger partial charge in [0.25, 0.3) is 0 Å². The van der Waals surface area contributed by atoms with Crippen molar-refractivity contribution in [3.8, 4) is 5.75 Å². The molecule has 5 heteroatoms. The maximum atomic E-state index is 13.4. The molecule has 0 atom stereocenters. The first kappa shape index (κ1) is 13.4. The van der Waals surface area contributed by atoms with E-state index in [9.17, 15) is 8.78 Å². The van der Waals surface area contributed by atoms with E-state index in [0.717, 1.165) is 11.6 Å². The Morgan fingerprint density at radius 2 is 1.84 bits per heavy atom. The van der Waals surface area contributed by atoms with E-state index in [1.54, 1.807) is 24.3 Å². The number of hydrogen-bond acceptors (Lipinski definition) is 2. The summed E-state index contributed by atoms with van der Waals surface area (Å²) >= 11 is 4.92. The number of hydrogen-bond donors (Lipinski definition) is 1. The van der Waals surface area contributed by atoms with Gasteiger partial charge in [-0.1, -0.05) is 42.5 Å². The summed E-state index contributed by atoms with van der Waals surface area (Å²) in [5.41, 5.74) is 6.96. The molecule has 0 aliphatic carbocycles. The fourth-order valence-electron chi connectivity index (χ4n) is 1.64. The second-order valence-corrected chi connectivity index (χ2v) is 4.30. The Bertz CT molecular complexity index is 616. The number of nitrogens with two attached hydrogens (primary N) is 1. The first-order valence-electron chi connectivity index (χ1n) is 5.54. The normalized spacial score (nSPS) is 10.2. The molecule has 0 saturated heterocycles. The zero-order chi connectivity index (χ0) is 13.8. The summed E-state index contributed by atoms with van der Waals surface area (Å²) in [5.74, 6) is -2.09. The highest BCUT2D eigenvalue weighted by Gasteiger charge is 2.10. The minimum absolute atomic E-state index is 0.0634. The maximum Gasteiger partial charge on any atom is 0.200 e. The lowest BCUT2D eigenvalue weighted by molar-refractivity contribution is 0.284. The molecule has 0 amide bonds. The molecule has 0 aromatic heterocycles. The van der Waals surface area contributed by atoms with Crippen LogP contribution in [0.3, 0.4) is 0 Å². The SMILES string of the molecule is NC(=S)c1ccccc1COc1cccc(F)c1F. The molecule has 0 aliphatic heterocycles.